The van der Waals surface area contributed by atoms with Gasteiger partial charge >= 0.3 is 12.4 Å². The van der Waals surface area contributed by atoms with Crippen molar-refractivity contribution in [1.82, 2.24) is 9.97 Å². The van der Waals surface area contributed by atoms with Crippen LogP contribution in [0.4, 0.5) is 26.3 Å². The monoisotopic (exact) mass is 514 g/mol. The van der Waals surface area contributed by atoms with Crippen LogP contribution >= 0.6 is 34.4 Å². The Bertz CT molecular complexity index is 936. The lowest BCUT2D eigenvalue weighted by Crippen LogP contribution is -2.06. The van der Waals surface area contributed by atoms with Crippen LogP contribution in [0.25, 0.3) is 0 Å². The van der Waals surface area contributed by atoms with Crippen molar-refractivity contribution in [3.8, 4) is 6.19 Å². The second kappa shape index (κ2) is 12.5. The molecule has 30 heavy (non-hydrogen) atoms. The van der Waals surface area contributed by atoms with Gasteiger partial charge in [0.25, 0.3) is 0 Å². The van der Waals surface area contributed by atoms with E-state index in [1.165, 1.54) is 35.0 Å². The molecule has 0 fully saturated rings. The van der Waals surface area contributed by atoms with Crippen LogP contribution in [0.3, 0.4) is 0 Å². The van der Waals surface area contributed by atoms with Crippen LogP contribution in [-0.4, -0.2) is 26.7 Å². The number of rotatable bonds is 4. The molecular formula is C15H20F6N4OS4. The molecule has 2 heterocycles. The Morgan fingerprint density at radius 2 is 1.50 bits per heavy atom. The molecule has 0 saturated carbocycles. The normalized spacial score (nSPS) is 12.9. The highest BCUT2D eigenvalue weighted by atomic mass is 32.2. The molecule has 0 aromatic carbocycles. The third-order valence-corrected chi connectivity index (χ3v) is 6.29. The van der Waals surface area contributed by atoms with E-state index in [1.54, 1.807) is 0 Å². The molecule has 0 bridgehead atoms. The van der Waals surface area contributed by atoms with Gasteiger partial charge in [-0.25, -0.2) is 14.2 Å². The van der Waals surface area contributed by atoms with Crippen molar-refractivity contribution in [2.75, 3.05) is 12.5 Å². The molecule has 0 aliphatic heterocycles. The lowest BCUT2D eigenvalue weighted by atomic mass is 10.6. The number of alkyl halides is 6. The first-order chi connectivity index (χ1) is 12.8. The molecule has 15 heteroatoms. The Hall–Kier alpha value is -1.37. The van der Waals surface area contributed by atoms with E-state index < -0.39 is 32.1 Å². The second-order valence-electron chi connectivity index (χ2n) is 5.01. The van der Waals surface area contributed by atoms with Gasteiger partial charge in [0.2, 0.25) is 6.19 Å². The van der Waals surface area contributed by atoms with Crippen LogP contribution in [0, 0.1) is 11.5 Å². The average molecular weight is 515 g/mol. The van der Waals surface area contributed by atoms with Crippen molar-refractivity contribution in [3.05, 3.63) is 32.2 Å². The molecule has 0 amide bonds. The SMILES string of the molecule is C.C.CS(=O)(Cc1csc(C(F)(F)F)n1)=NC#N.CSCc1csc(C(F)(F)F)n1. The third kappa shape index (κ3) is 10.6. The number of nitrogens with zero attached hydrogens (tertiary/aromatic N) is 4. The fraction of sp³-hybridized carbons (Fsp3) is 0.533. The molecule has 172 valence electrons. The summed E-state index contributed by atoms with van der Waals surface area (Å²) in [5.74, 6) is 0.277. The van der Waals surface area contributed by atoms with Crippen molar-refractivity contribution in [1.29, 1.82) is 5.26 Å². The molecule has 2 aromatic rings. The molecule has 0 spiro atoms. The van der Waals surface area contributed by atoms with Crippen LogP contribution in [0.1, 0.15) is 36.3 Å². The first-order valence-electron chi connectivity index (χ1n) is 6.88. The Kier molecular flexibility index (Phi) is 12.8. The third-order valence-electron chi connectivity index (χ3n) is 2.53. The number of thiazole rings is 2. The highest BCUT2D eigenvalue weighted by molar-refractivity contribution is 7.97. The summed E-state index contributed by atoms with van der Waals surface area (Å²) in [5, 5.41) is 9.08. The van der Waals surface area contributed by atoms with Crippen LogP contribution in [0.2, 0.25) is 0 Å². The van der Waals surface area contributed by atoms with Gasteiger partial charge in [0.1, 0.15) is 0 Å². The summed E-state index contributed by atoms with van der Waals surface area (Å²) in [6.07, 6.45) is -4.40. The quantitative estimate of drug-likeness (QED) is 0.342. The van der Waals surface area contributed by atoms with Crippen LogP contribution in [0.5, 0.6) is 0 Å². The molecule has 1 atom stereocenters. The largest absolute Gasteiger partial charge is 0.443 e. The van der Waals surface area contributed by atoms with E-state index in [1.807, 2.05) is 6.26 Å². The molecule has 0 aliphatic rings. The average Bonchev–Trinajstić information content (AvgIpc) is 3.16. The van der Waals surface area contributed by atoms with Crippen molar-refractivity contribution in [2.24, 2.45) is 4.36 Å². The molecule has 0 N–H and O–H groups in total. The lowest BCUT2D eigenvalue weighted by molar-refractivity contribution is -0.138. The van der Waals surface area contributed by atoms with E-state index in [4.69, 9.17) is 5.26 Å². The van der Waals surface area contributed by atoms with Crippen LogP contribution in [0.15, 0.2) is 15.1 Å². The zero-order valence-corrected chi connectivity index (χ0v) is 17.4. The Balaban J connectivity index is 0. The summed E-state index contributed by atoms with van der Waals surface area (Å²) in [5.41, 5.74) is 0.531. The summed E-state index contributed by atoms with van der Waals surface area (Å²) < 4.78 is 87.1. The Morgan fingerprint density at radius 1 is 1.07 bits per heavy atom. The number of thioether (sulfide) groups is 1. The van der Waals surface area contributed by atoms with E-state index in [9.17, 15) is 30.6 Å². The van der Waals surface area contributed by atoms with Gasteiger partial charge in [-0.05, 0) is 6.26 Å². The maximum Gasteiger partial charge on any atom is 0.443 e. The smallest absolute Gasteiger partial charge is 0.249 e. The molecule has 0 radical (unpaired) electrons. The van der Waals surface area contributed by atoms with Gasteiger partial charge in [0.15, 0.2) is 10.0 Å². The fourth-order valence-electron chi connectivity index (χ4n) is 1.55. The first kappa shape index (κ1) is 30.8. The minimum atomic E-state index is -4.50. The van der Waals surface area contributed by atoms with Crippen molar-refractivity contribution in [3.63, 3.8) is 0 Å². The molecule has 0 saturated heterocycles. The van der Waals surface area contributed by atoms with E-state index in [0.717, 1.165) is 0 Å². The van der Waals surface area contributed by atoms with Gasteiger partial charge in [0.05, 0.1) is 26.9 Å². The maximum absolute atomic E-state index is 12.2. The highest BCUT2D eigenvalue weighted by Gasteiger charge is 2.35. The summed E-state index contributed by atoms with van der Waals surface area (Å²) in [4.78, 5) is 6.74. The standard InChI is InChI=1S/C7H6F3N3OS2.C6H6F3NS2.2CH4/c1-16(14,12-4-11)3-5-2-15-6(13-5)7(8,9)10;1-11-2-4-3-12-5(10-4)6(7,8)9;;/h2H,3H2,1H3;3H,2H2,1H3;2*1H4. The molecule has 1 unspecified atom stereocenters. The fourth-order valence-corrected chi connectivity index (χ4v) is 4.51. The minimum Gasteiger partial charge on any atom is -0.249 e. The van der Waals surface area contributed by atoms with Crippen molar-refractivity contribution in [2.45, 2.75) is 38.7 Å². The van der Waals surface area contributed by atoms with E-state index >= 15 is 0 Å². The summed E-state index contributed by atoms with van der Waals surface area (Å²) in [7, 11) is -2.83. The van der Waals surface area contributed by atoms with Crippen LogP contribution < -0.4 is 0 Å². The van der Waals surface area contributed by atoms with Crippen molar-refractivity contribution >= 4 is 44.2 Å². The van der Waals surface area contributed by atoms with Gasteiger partial charge < -0.3 is 0 Å². The molecule has 2 rings (SSSR count). The Labute approximate surface area is 183 Å². The maximum atomic E-state index is 12.2. The number of halogens is 6. The zero-order valence-electron chi connectivity index (χ0n) is 14.2. The molecular weight excluding hydrogens is 494 g/mol. The van der Waals surface area contributed by atoms with Gasteiger partial charge in [-0.2, -0.15) is 43.4 Å². The molecule has 0 aliphatic carbocycles. The van der Waals surface area contributed by atoms with E-state index in [-0.39, 0.29) is 26.3 Å². The van der Waals surface area contributed by atoms with Gasteiger partial charge in [-0.15, -0.1) is 27.0 Å². The number of aromatic nitrogens is 2. The molecule has 2 aromatic heterocycles. The Morgan fingerprint density at radius 3 is 1.87 bits per heavy atom. The van der Waals surface area contributed by atoms with E-state index in [0.29, 0.717) is 34.1 Å². The summed E-state index contributed by atoms with van der Waals surface area (Å²) >= 11 is 2.53. The minimum absolute atomic E-state index is 0. The molecule has 5 nitrogen and oxygen atoms in total. The predicted molar refractivity (Wildman–Crippen MR) is 111 cm³/mol. The zero-order chi connectivity index (χ0) is 21.6. The number of nitriles is 1. The summed E-state index contributed by atoms with van der Waals surface area (Å²) in [6, 6.07) is 0. The second-order valence-corrected chi connectivity index (χ2v) is 9.98. The first-order valence-corrected chi connectivity index (χ1v) is 12.1. The topological polar surface area (TPSA) is 79.0 Å². The van der Waals surface area contributed by atoms with Crippen LogP contribution in [-0.2, 0) is 33.6 Å². The predicted octanol–water partition coefficient (Wildman–Crippen LogP) is 6.54. The number of hydrogen-bond acceptors (Lipinski definition) is 8. The van der Waals surface area contributed by atoms with Gasteiger partial charge in [0, 0.05) is 22.8 Å². The van der Waals surface area contributed by atoms with E-state index in [2.05, 4.69) is 14.3 Å². The van der Waals surface area contributed by atoms with Gasteiger partial charge in [-0.3, -0.25) is 0 Å². The number of hydrogen-bond donors (Lipinski definition) is 0. The highest BCUT2D eigenvalue weighted by Crippen LogP contribution is 2.32. The van der Waals surface area contributed by atoms with Gasteiger partial charge in [-0.1, -0.05) is 14.9 Å². The summed E-state index contributed by atoms with van der Waals surface area (Å²) in [6.45, 7) is 0. The lowest BCUT2D eigenvalue weighted by Gasteiger charge is -2.00. The van der Waals surface area contributed by atoms with Crippen molar-refractivity contribution < 1.29 is 30.6 Å².